The molecular formula is C25H21ClN2O2. The number of hydrogen-bond acceptors (Lipinski definition) is 3. The van der Waals surface area contributed by atoms with Crippen molar-refractivity contribution < 1.29 is 9.53 Å². The number of aliphatic imine (C=N–C) groups is 1. The molecule has 4 nitrogen and oxygen atoms in total. The topological polar surface area (TPSA) is 41.9 Å². The van der Waals surface area contributed by atoms with Gasteiger partial charge in [-0.25, -0.2) is 4.99 Å². The smallest absolute Gasteiger partial charge is 0.282 e. The Morgan fingerprint density at radius 3 is 2.27 bits per heavy atom. The van der Waals surface area contributed by atoms with E-state index in [1.165, 1.54) is 0 Å². The van der Waals surface area contributed by atoms with Crippen LogP contribution in [-0.2, 0) is 4.79 Å². The highest BCUT2D eigenvalue weighted by Gasteiger charge is 2.32. The summed E-state index contributed by atoms with van der Waals surface area (Å²) in [6.07, 6.45) is 1.81. The van der Waals surface area contributed by atoms with E-state index < -0.39 is 0 Å². The summed E-state index contributed by atoms with van der Waals surface area (Å²) >= 11 is 6.05. The average molecular weight is 417 g/mol. The van der Waals surface area contributed by atoms with Crippen LogP contribution in [0.3, 0.4) is 0 Å². The second-order valence-corrected chi connectivity index (χ2v) is 7.39. The third-order valence-corrected chi connectivity index (χ3v) is 5.00. The Morgan fingerprint density at radius 2 is 1.63 bits per heavy atom. The van der Waals surface area contributed by atoms with Gasteiger partial charge in [0.25, 0.3) is 5.91 Å². The fraction of sp³-hybridized carbons (Fsp3) is 0.120. The number of carbonyl (C=O) groups excluding carboxylic acids is 1. The van der Waals surface area contributed by atoms with Gasteiger partial charge in [-0.05, 0) is 74.0 Å². The number of carbonyl (C=O) groups is 1. The van der Waals surface area contributed by atoms with Crippen LogP contribution in [0.5, 0.6) is 5.75 Å². The summed E-state index contributed by atoms with van der Waals surface area (Å²) in [7, 11) is 0. The van der Waals surface area contributed by atoms with Crippen LogP contribution < -0.4 is 9.64 Å². The summed E-state index contributed by atoms with van der Waals surface area (Å²) in [6, 6.07) is 22.7. The number of rotatable bonds is 5. The molecule has 0 aromatic heterocycles. The molecule has 1 amide bonds. The zero-order valence-corrected chi connectivity index (χ0v) is 17.6. The molecule has 5 heteroatoms. The quantitative estimate of drug-likeness (QED) is 0.487. The molecule has 3 aromatic rings. The maximum Gasteiger partial charge on any atom is 0.282 e. The molecule has 0 spiro atoms. The van der Waals surface area contributed by atoms with E-state index in [1.807, 2.05) is 80.6 Å². The van der Waals surface area contributed by atoms with E-state index in [-0.39, 0.29) is 5.91 Å². The van der Waals surface area contributed by atoms with Gasteiger partial charge in [-0.2, -0.15) is 0 Å². The minimum atomic E-state index is -0.176. The second kappa shape index (κ2) is 8.56. The van der Waals surface area contributed by atoms with Crippen LogP contribution in [0.15, 0.2) is 83.5 Å². The standard InChI is InChI=1S/C25H21ClN2O2/c1-3-30-22-14-12-21(13-15-22)28-24(19-8-10-20(26)11-9-19)27-23(25(28)29)16-18-6-4-17(2)5-7-18/h4-16H,3H2,1-2H3/b23-16+. The first-order valence-corrected chi connectivity index (χ1v) is 10.1. The predicted molar refractivity (Wildman–Crippen MR) is 122 cm³/mol. The molecule has 0 unspecified atom stereocenters. The number of anilines is 1. The minimum absolute atomic E-state index is 0.176. The lowest BCUT2D eigenvalue weighted by molar-refractivity contribution is -0.113. The van der Waals surface area contributed by atoms with Gasteiger partial charge in [-0.15, -0.1) is 0 Å². The normalized spacial score (nSPS) is 14.9. The van der Waals surface area contributed by atoms with Crippen molar-refractivity contribution in [1.29, 1.82) is 0 Å². The number of nitrogens with zero attached hydrogens (tertiary/aromatic N) is 2. The summed E-state index contributed by atoms with van der Waals surface area (Å²) in [5.74, 6) is 1.15. The number of hydrogen-bond donors (Lipinski definition) is 0. The molecule has 1 aliphatic heterocycles. The lowest BCUT2D eigenvalue weighted by atomic mass is 10.1. The van der Waals surface area contributed by atoms with Gasteiger partial charge in [0.1, 0.15) is 17.3 Å². The Hall–Kier alpha value is -3.37. The van der Waals surface area contributed by atoms with Gasteiger partial charge in [0.2, 0.25) is 0 Å². The highest BCUT2D eigenvalue weighted by Crippen LogP contribution is 2.29. The summed E-state index contributed by atoms with van der Waals surface area (Å²) in [6.45, 7) is 4.55. The van der Waals surface area contributed by atoms with Crippen LogP contribution in [0.25, 0.3) is 6.08 Å². The number of benzene rings is 3. The van der Waals surface area contributed by atoms with E-state index in [1.54, 1.807) is 17.0 Å². The molecule has 1 aliphatic rings. The first-order valence-electron chi connectivity index (χ1n) is 9.75. The molecule has 0 N–H and O–H groups in total. The minimum Gasteiger partial charge on any atom is -0.494 e. The number of amides is 1. The Morgan fingerprint density at radius 1 is 0.967 bits per heavy atom. The number of ether oxygens (including phenoxy) is 1. The fourth-order valence-corrected chi connectivity index (χ4v) is 3.35. The molecule has 1 heterocycles. The van der Waals surface area contributed by atoms with Crippen molar-refractivity contribution in [2.45, 2.75) is 13.8 Å². The molecule has 0 saturated heterocycles. The Labute approximate surface area is 181 Å². The third kappa shape index (κ3) is 4.14. The van der Waals surface area contributed by atoms with Gasteiger partial charge >= 0.3 is 0 Å². The lowest BCUT2D eigenvalue weighted by Gasteiger charge is -2.19. The van der Waals surface area contributed by atoms with Crippen molar-refractivity contribution in [3.05, 3.63) is 100 Å². The van der Waals surface area contributed by atoms with Crippen LogP contribution in [-0.4, -0.2) is 18.3 Å². The fourth-order valence-electron chi connectivity index (χ4n) is 3.23. The Balaban J connectivity index is 1.76. The molecule has 0 saturated carbocycles. The van der Waals surface area contributed by atoms with Crippen LogP contribution in [0.4, 0.5) is 5.69 Å². The molecular weight excluding hydrogens is 396 g/mol. The maximum atomic E-state index is 13.3. The highest BCUT2D eigenvalue weighted by molar-refractivity contribution is 6.34. The molecule has 4 rings (SSSR count). The summed E-state index contributed by atoms with van der Waals surface area (Å²) in [5, 5.41) is 0.631. The second-order valence-electron chi connectivity index (χ2n) is 6.95. The Bertz CT molecular complexity index is 1120. The van der Waals surface area contributed by atoms with Crippen molar-refractivity contribution in [1.82, 2.24) is 0 Å². The highest BCUT2D eigenvalue weighted by atomic mass is 35.5. The zero-order valence-electron chi connectivity index (χ0n) is 16.8. The van der Waals surface area contributed by atoms with Crippen LogP contribution >= 0.6 is 11.6 Å². The maximum absolute atomic E-state index is 13.3. The summed E-state index contributed by atoms with van der Waals surface area (Å²) in [4.78, 5) is 19.6. The molecule has 3 aromatic carbocycles. The third-order valence-electron chi connectivity index (χ3n) is 4.75. The average Bonchev–Trinajstić information content (AvgIpc) is 3.07. The van der Waals surface area contributed by atoms with Crippen molar-refractivity contribution in [3.8, 4) is 5.75 Å². The van der Waals surface area contributed by atoms with Crippen molar-refractivity contribution in [2.75, 3.05) is 11.5 Å². The van der Waals surface area contributed by atoms with E-state index in [9.17, 15) is 4.79 Å². The molecule has 0 radical (unpaired) electrons. The van der Waals surface area contributed by atoms with Gasteiger partial charge in [-0.1, -0.05) is 41.4 Å². The molecule has 30 heavy (non-hydrogen) atoms. The predicted octanol–water partition coefficient (Wildman–Crippen LogP) is 5.88. The molecule has 0 bridgehead atoms. The molecule has 0 aliphatic carbocycles. The van der Waals surface area contributed by atoms with E-state index >= 15 is 0 Å². The van der Waals surface area contributed by atoms with Gasteiger partial charge in [0.15, 0.2) is 0 Å². The van der Waals surface area contributed by atoms with E-state index in [4.69, 9.17) is 16.3 Å². The van der Waals surface area contributed by atoms with E-state index in [2.05, 4.69) is 4.99 Å². The van der Waals surface area contributed by atoms with Crippen molar-refractivity contribution >= 4 is 35.1 Å². The van der Waals surface area contributed by atoms with Gasteiger partial charge in [0, 0.05) is 10.6 Å². The van der Waals surface area contributed by atoms with E-state index in [0.717, 1.165) is 28.1 Å². The van der Waals surface area contributed by atoms with Crippen LogP contribution in [0.1, 0.15) is 23.6 Å². The van der Waals surface area contributed by atoms with Gasteiger partial charge < -0.3 is 4.74 Å². The van der Waals surface area contributed by atoms with Crippen LogP contribution in [0, 0.1) is 6.92 Å². The molecule has 0 atom stereocenters. The zero-order chi connectivity index (χ0) is 21.1. The Kier molecular flexibility index (Phi) is 5.68. The largest absolute Gasteiger partial charge is 0.494 e. The SMILES string of the molecule is CCOc1ccc(N2C(=O)/C(=C\c3ccc(C)cc3)N=C2c2ccc(Cl)cc2)cc1. The monoisotopic (exact) mass is 416 g/mol. The van der Waals surface area contributed by atoms with Gasteiger partial charge in [0.05, 0.1) is 12.3 Å². The number of aryl methyl sites for hydroxylation is 1. The van der Waals surface area contributed by atoms with E-state index in [0.29, 0.717) is 23.2 Å². The van der Waals surface area contributed by atoms with Gasteiger partial charge in [-0.3, -0.25) is 9.69 Å². The lowest BCUT2D eigenvalue weighted by Crippen LogP contribution is -2.32. The van der Waals surface area contributed by atoms with Crippen molar-refractivity contribution in [3.63, 3.8) is 0 Å². The first-order chi connectivity index (χ1) is 14.5. The van der Waals surface area contributed by atoms with Crippen molar-refractivity contribution in [2.24, 2.45) is 4.99 Å². The first kappa shape index (κ1) is 19.9. The summed E-state index contributed by atoms with van der Waals surface area (Å²) < 4.78 is 5.53. The number of halogens is 1. The molecule has 0 fully saturated rings. The number of amidine groups is 1. The summed E-state index contributed by atoms with van der Waals surface area (Å²) in [5.41, 5.74) is 4.02. The molecule has 150 valence electrons. The van der Waals surface area contributed by atoms with Crippen LogP contribution in [0.2, 0.25) is 5.02 Å².